The van der Waals surface area contributed by atoms with Gasteiger partial charge in [0.05, 0.1) is 6.07 Å². The molecule has 4 aliphatic rings. The highest BCUT2D eigenvalue weighted by Crippen LogP contribution is 2.58. The lowest BCUT2D eigenvalue weighted by atomic mass is 9.49. The van der Waals surface area contributed by atoms with Gasteiger partial charge in [0.2, 0.25) is 0 Å². The summed E-state index contributed by atoms with van der Waals surface area (Å²) in [5, 5.41) is 13.5. The third kappa shape index (κ3) is 1.64. The highest BCUT2D eigenvalue weighted by molar-refractivity contribution is 5.54. The lowest BCUT2D eigenvalue weighted by Gasteiger charge is -2.58. The van der Waals surface area contributed by atoms with Crippen LogP contribution in [0.5, 0.6) is 0 Å². The van der Waals surface area contributed by atoms with Gasteiger partial charge in [-0.15, -0.1) is 0 Å². The predicted molar refractivity (Wildman–Crippen MR) is 79.9 cm³/mol. The van der Waals surface area contributed by atoms with Gasteiger partial charge < -0.3 is 11.1 Å². The van der Waals surface area contributed by atoms with Crippen LogP contribution in [0.3, 0.4) is 0 Å². The number of anilines is 2. The molecule has 1 aromatic rings. The fraction of sp³-hybridized carbons (Fsp3) is 0.588. The molecule has 0 aliphatic heterocycles. The molecule has 0 spiro atoms. The summed E-state index contributed by atoms with van der Waals surface area (Å²) in [6, 6.07) is 10.5. The fourth-order valence-corrected chi connectivity index (χ4v) is 5.15. The van der Waals surface area contributed by atoms with Crippen LogP contribution in [0.4, 0.5) is 11.4 Å². The minimum absolute atomic E-state index is 0.344. The van der Waals surface area contributed by atoms with Crippen molar-refractivity contribution < 1.29 is 0 Å². The zero-order valence-electron chi connectivity index (χ0n) is 11.7. The highest BCUT2D eigenvalue weighted by Gasteiger charge is 2.57. The van der Waals surface area contributed by atoms with Crippen molar-refractivity contribution in [1.29, 1.82) is 5.26 Å². The average Bonchev–Trinajstić information content (AvgIpc) is 2.44. The number of nitriles is 1. The largest absolute Gasteiger partial charge is 0.399 e. The predicted octanol–water partition coefficient (Wildman–Crippen LogP) is 3.40. The van der Waals surface area contributed by atoms with Gasteiger partial charge in [-0.25, -0.2) is 0 Å². The van der Waals surface area contributed by atoms with Gasteiger partial charge in [0.1, 0.15) is 5.54 Å². The molecule has 104 valence electrons. The summed E-state index contributed by atoms with van der Waals surface area (Å²) in [4.78, 5) is 0. The number of hydrogen-bond donors (Lipinski definition) is 2. The number of hydrogen-bond acceptors (Lipinski definition) is 3. The number of rotatable bonds is 2. The molecule has 3 nitrogen and oxygen atoms in total. The summed E-state index contributed by atoms with van der Waals surface area (Å²) in [5.41, 5.74) is 7.21. The van der Waals surface area contributed by atoms with Crippen molar-refractivity contribution in [1.82, 2.24) is 0 Å². The van der Waals surface area contributed by atoms with Crippen molar-refractivity contribution in [3.05, 3.63) is 24.3 Å². The highest BCUT2D eigenvalue weighted by atomic mass is 15.0. The summed E-state index contributed by atoms with van der Waals surface area (Å²) in [5.74, 6) is 2.82. The molecule has 0 unspecified atom stereocenters. The minimum Gasteiger partial charge on any atom is -0.399 e. The van der Waals surface area contributed by atoms with E-state index in [9.17, 15) is 5.26 Å². The Kier molecular flexibility index (Phi) is 2.51. The number of benzene rings is 1. The maximum absolute atomic E-state index is 9.93. The Morgan fingerprint density at radius 3 is 2.05 bits per heavy atom. The smallest absolute Gasteiger partial charge is 0.131 e. The second-order valence-electron chi connectivity index (χ2n) is 7.03. The molecule has 4 saturated carbocycles. The number of nitrogen functional groups attached to an aromatic ring is 1. The quantitative estimate of drug-likeness (QED) is 0.807. The van der Waals surface area contributed by atoms with E-state index in [1.165, 1.54) is 32.1 Å². The van der Waals surface area contributed by atoms with Crippen molar-refractivity contribution in [2.24, 2.45) is 23.7 Å². The van der Waals surface area contributed by atoms with E-state index in [1.54, 1.807) is 0 Å². The topological polar surface area (TPSA) is 61.8 Å². The van der Waals surface area contributed by atoms with Crippen molar-refractivity contribution >= 4 is 11.4 Å². The van der Waals surface area contributed by atoms with Gasteiger partial charge in [-0.1, -0.05) is 0 Å². The van der Waals surface area contributed by atoms with Crippen LogP contribution in [-0.2, 0) is 0 Å². The molecule has 3 heteroatoms. The Hall–Kier alpha value is -1.69. The lowest BCUT2D eigenvalue weighted by Crippen LogP contribution is -2.61. The third-order valence-corrected chi connectivity index (χ3v) is 5.87. The van der Waals surface area contributed by atoms with Crippen LogP contribution in [0.25, 0.3) is 0 Å². The van der Waals surface area contributed by atoms with Crippen LogP contribution in [0.1, 0.15) is 32.1 Å². The molecule has 4 fully saturated rings. The first kappa shape index (κ1) is 12.1. The van der Waals surface area contributed by atoms with Crippen LogP contribution >= 0.6 is 0 Å². The first-order valence-corrected chi connectivity index (χ1v) is 7.74. The molecule has 4 aliphatic carbocycles. The van der Waals surface area contributed by atoms with E-state index in [4.69, 9.17) is 5.73 Å². The van der Waals surface area contributed by atoms with Gasteiger partial charge in [0, 0.05) is 11.4 Å². The molecule has 0 saturated heterocycles. The molecule has 1 aromatic carbocycles. The molecule has 5 rings (SSSR count). The molecule has 0 amide bonds. The summed E-state index contributed by atoms with van der Waals surface area (Å²) < 4.78 is 0. The van der Waals surface area contributed by atoms with Crippen LogP contribution in [0, 0.1) is 35.0 Å². The van der Waals surface area contributed by atoms with Crippen LogP contribution in [0.2, 0.25) is 0 Å². The monoisotopic (exact) mass is 267 g/mol. The lowest BCUT2D eigenvalue weighted by molar-refractivity contribution is -0.0206. The Morgan fingerprint density at radius 2 is 1.55 bits per heavy atom. The first-order chi connectivity index (χ1) is 9.69. The van der Waals surface area contributed by atoms with Crippen LogP contribution in [0.15, 0.2) is 24.3 Å². The summed E-state index contributed by atoms with van der Waals surface area (Å²) in [6.07, 6.45) is 6.37. The molecule has 0 heterocycles. The SMILES string of the molecule is N#CC1(Nc2ccc(N)cc2)C2CC3CC(C2)CC1C3. The van der Waals surface area contributed by atoms with E-state index < -0.39 is 0 Å². The van der Waals surface area contributed by atoms with E-state index in [2.05, 4.69) is 11.4 Å². The second-order valence-corrected chi connectivity index (χ2v) is 7.03. The maximum atomic E-state index is 9.93. The molecule has 0 atom stereocenters. The summed E-state index contributed by atoms with van der Waals surface area (Å²) >= 11 is 0. The van der Waals surface area contributed by atoms with Gasteiger partial charge in [-0.2, -0.15) is 5.26 Å². The minimum atomic E-state index is -0.344. The normalized spacial score (nSPS) is 41.4. The molecular weight excluding hydrogens is 246 g/mol. The Bertz CT molecular complexity index is 527. The number of nitrogens with two attached hydrogens (primary N) is 1. The number of nitrogens with one attached hydrogen (secondary N) is 1. The van der Waals surface area contributed by atoms with E-state index in [1.807, 2.05) is 24.3 Å². The van der Waals surface area contributed by atoms with Crippen LogP contribution in [-0.4, -0.2) is 5.54 Å². The van der Waals surface area contributed by atoms with Crippen molar-refractivity contribution in [2.45, 2.75) is 37.6 Å². The van der Waals surface area contributed by atoms with Gasteiger partial charge in [0.15, 0.2) is 0 Å². The molecule has 4 bridgehead atoms. The zero-order valence-corrected chi connectivity index (χ0v) is 11.7. The van der Waals surface area contributed by atoms with Crippen LogP contribution < -0.4 is 11.1 Å². The van der Waals surface area contributed by atoms with E-state index >= 15 is 0 Å². The molecule has 20 heavy (non-hydrogen) atoms. The van der Waals surface area contributed by atoms with Crippen molar-refractivity contribution in [3.63, 3.8) is 0 Å². The Morgan fingerprint density at radius 1 is 1.00 bits per heavy atom. The Balaban J connectivity index is 1.66. The van der Waals surface area contributed by atoms with Crippen molar-refractivity contribution in [3.8, 4) is 6.07 Å². The maximum Gasteiger partial charge on any atom is 0.131 e. The molecule has 0 radical (unpaired) electrons. The average molecular weight is 267 g/mol. The van der Waals surface area contributed by atoms with Gasteiger partial charge in [-0.05, 0) is 80.0 Å². The standard InChI is InChI=1S/C17H21N3/c18-10-17(20-16-3-1-15(19)2-4-16)13-6-11-5-12(8-13)9-14(17)7-11/h1-4,11-14,20H,5-9,19H2. The summed E-state index contributed by atoms with van der Waals surface area (Å²) in [6.45, 7) is 0. The van der Waals surface area contributed by atoms with Crippen molar-refractivity contribution in [2.75, 3.05) is 11.1 Å². The van der Waals surface area contributed by atoms with E-state index in [0.717, 1.165) is 23.2 Å². The molecular formula is C17H21N3. The van der Waals surface area contributed by atoms with E-state index in [-0.39, 0.29) is 5.54 Å². The van der Waals surface area contributed by atoms with Gasteiger partial charge in [0.25, 0.3) is 0 Å². The van der Waals surface area contributed by atoms with Gasteiger partial charge >= 0.3 is 0 Å². The summed E-state index contributed by atoms with van der Waals surface area (Å²) in [7, 11) is 0. The third-order valence-electron chi connectivity index (χ3n) is 5.87. The first-order valence-electron chi connectivity index (χ1n) is 7.74. The Labute approximate surface area is 120 Å². The molecule has 3 N–H and O–H groups in total. The zero-order chi connectivity index (χ0) is 13.7. The molecule has 0 aromatic heterocycles. The number of nitrogens with zero attached hydrogens (tertiary/aromatic N) is 1. The second kappa shape index (κ2) is 4.15. The fourth-order valence-electron chi connectivity index (χ4n) is 5.15. The van der Waals surface area contributed by atoms with Gasteiger partial charge in [-0.3, -0.25) is 0 Å². The van der Waals surface area contributed by atoms with E-state index in [0.29, 0.717) is 11.8 Å².